The van der Waals surface area contributed by atoms with Gasteiger partial charge in [0, 0.05) is 12.3 Å². The van der Waals surface area contributed by atoms with E-state index in [1.54, 1.807) is 18.2 Å². The Labute approximate surface area is 147 Å². The van der Waals surface area contributed by atoms with Crippen LogP contribution in [0, 0.1) is 0 Å². The highest BCUT2D eigenvalue weighted by atomic mass is 35.5. The van der Waals surface area contributed by atoms with Crippen molar-refractivity contribution >= 4 is 35.9 Å². The number of rotatable bonds is 7. The van der Waals surface area contributed by atoms with Crippen molar-refractivity contribution < 1.29 is 9.36 Å². The molecule has 0 aliphatic heterocycles. The number of unbranched alkanes of at least 4 members (excludes halogenated alkanes) is 1. The number of hydrogen-bond donors (Lipinski definition) is 0. The Morgan fingerprint density at radius 1 is 1.00 bits per heavy atom. The van der Waals surface area contributed by atoms with Gasteiger partial charge in [-0.3, -0.25) is 4.79 Å². The molecule has 0 saturated heterocycles. The number of carbonyl (C=O) groups is 1. The first-order valence-corrected chi connectivity index (χ1v) is 10.4. The molecule has 5 heteroatoms. The number of halogens is 2. The topological polar surface area (TPSA) is 34.1 Å². The molecule has 0 spiro atoms. The summed E-state index contributed by atoms with van der Waals surface area (Å²) < 4.78 is 13.5. The lowest BCUT2D eigenvalue weighted by Crippen LogP contribution is -2.08. The van der Waals surface area contributed by atoms with Crippen molar-refractivity contribution in [2.75, 3.05) is 6.16 Å². The molecule has 0 saturated carbocycles. The zero-order valence-electron chi connectivity index (χ0n) is 13.0. The van der Waals surface area contributed by atoms with Gasteiger partial charge in [-0.05, 0) is 24.1 Å². The Kier molecular flexibility index (Phi) is 6.47. The third-order valence-electron chi connectivity index (χ3n) is 3.70. The largest absolute Gasteiger partial charge is 0.315 e. The molecule has 1 atom stereocenters. The van der Waals surface area contributed by atoms with Crippen LogP contribution in [-0.4, -0.2) is 11.7 Å². The van der Waals surface area contributed by atoms with Crippen LogP contribution in [0.2, 0.25) is 10.0 Å². The summed E-state index contributed by atoms with van der Waals surface area (Å²) in [5.74, 6) is 0. The third-order valence-corrected chi connectivity index (χ3v) is 7.21. The van der Waals surface area contributed by atoms with E-state index in [4.69, 9.17) is 23.2 Å². The molecule has 2 aromatic carbocycles. The first kappa shape index (κ1) is 18.3. The van der Waals surface area contributed by atoms with Crippen LogP contribution in [-0.2, 0) is 10.7 Å². The molecule has 0 radical (unpaired) electrons. The van der Waals surface area contributed by atoms with Gasteiger partial charge < -0.3 is 4.57 Å². The molecule has 2 aromatic rings. The summed E-state index contributed by atoms with van der Waals surface area (Å²) in [6.45, 7) is 2.01. The summed E-state index contributed by atoms with van der Waals surface area (Å²) in [5, 5.41) is 0.513. The van der Waals surface area contributed by atoms with Gasteiger partial charge in [-0.1, -0.05) is 72.9 Å². The maximum absolute atomic E-state index is 13.5. The van der Waals surface area contributed by atoms with Crippen molar-refractivity contribution in [3.05, 3.63) is 69.7 Å². The SMILES string of the molecule is CCCCP(=O)(Cc1ccccc1)C(=O)c1c(Cl)cccc1Cl. The molecule has 0 fully saturated rings. The Morgan fingerprint density at radius 3 is 2.17 bits per heavy atom. The normalized spacial score (nSPS) is 13.5. The second kappa shape index (κ2) is 8.15. The molecule has 23 heavy (non-hydrogen) atoms. The quantitative estimate of drug-likeness (QED) is 0.522. The van der Waals surface area contributed by atoms with Crippen molar-refractivity contribution in [1.29, 1.82) is 0 Å². The highest BCUT2D eigenvalue weighted by molar-refractivity contribution is 7.80. The van der Waals surface area contributed by atoms with Crippen LogP contribution < -0.4 is 0 Å². The van der Waals surface area contributed by atoms with Crippen LogP contribution >= 0.6 is 30.3 Å². The lowest BCUT2D eigenvalue weighted by Gasteiger charge is -2.18. The number of carbonyl (C=O) groups excluding carboxylic acids is 1. The van der Waals surface area contributed by atoms with Gasteiger partial charge in [0.15, 0.2) is 7.14 Å². The minimum absolute atomic E-state index is 0.186. The smallest absolute Gasteiger partial charge is 0.224 e. The van der Waals surface area contributed by atoms with E-state index >= 15 is 0 Å². The summed E-state index contributed by atoms with van der Waals surface area (Å²) >= 11 is 12.3. The molecule has 0 amide bonds. The van der Waals surface area contributed by atoms with E-state index in [-0.39, 0.29) is 21.8 Å². The number of hydrogen-bond acceptors (Lipinski definition) is 2. The minimum atomic E-state index is -3.13. The Bertz CT molecular complexity index is 709. The fourth-order valence-corrected chi connectivity index (χ4v) is 5.93. The molecule has 0 aliphatic carbocycles. The summed E-state index contributed by atoms with van der Waals surface area (Å²) in [7, 11) is -3.13. The predicted octanol–water partition coefficient (Wildman–Crippen LogP) is 6.50. The summed E-state index contributed by atoms with van der Waals surface area (Å²) in [4.78, 5) is 13.0. The summed E-state index contributed by atoms with van der Waals surface area (Å²) in [6.07, 6.45) is 2.23. The fourth-order valence-electron chi connectivity index (χ4n) is 2.45. The van der Waals surface area contributed by atoms with E-state index in [1.165, 1.54) is 0 Å². The highest BCUT2D eigenvalue weighted by Gasteiger charge is 2.34. The Hall–Kier alpha value is -1.08. The van der Waals surface area contributed by atoms with Crippen molar-refractivity contribution in [3.63, 3.8) is 0 Å². The maximum atomic E-state index is 13.5. The standard InChI is InChI=1S/C18H19Cl2O2P/c1-2-3-12-23(22,13-14-8-5-4-6-9-14)18(21)17-15(19)10-7-11-16(17)20/h4-11H,2-3,12-13H2,1H3. The van der Waals surface area contributed by atoms with E-state index in [1.807, 2.05) is 37.3 Å². The average Bonchev–Trinajstić information content (AvgIpc) is 2.53. The van der Waals surface area contributed by atoms with Crippen LogP contribution in [0.4, 0.5) is 0 Å². The third kappa shape index (κ3) is 4.47. The van der Waals surface area contributed by atoms with Crippen molar-refractivity contribution in [1.82, 2.24) is 0 Å². The van der Waals surface area contributed by atoms with Gasteiger partial charge in [0.1, 0.15) is 0 Å². The molecule has 0 bridgehead atoms. The molecular weight excluding hydrogens is 350 g/mol. The van der Waals surface area contributed by atoms with E-state index in [2.05, 4.69) is 0 Å². The van der Waals surface area contributed by atoms with E-state index in [0.717, 1.165) is 18.4 Å². The summed E-state index contributed by atoms with van der Waals surface area (Å²) in [6, 6.07) is 14.3. The molecule has 122 valence electrons. The van der Waals surface area contributed by atoms with E-state index in [0.29, 0.717) is 6.16 Å². The lowest BCUT2D eigenvalue weighted by molar-refractivity contribution is 0.107. The fraction of sp³-hybridized carbons (Fsp3) is 0.278. The van der Waals surface area contributed by atoms with Crippen LogP contribution in [0.3, 0.4) is 0 Å². The predicted molar refractivity (Wildman–Crippen MR) is 98.3 cm³/mol. The second-order valence-electron chi connectivity index (χ2n) is 5.51. The van der Waals surface area contributed by atoms with Gasteiger partial charge in [0.05, 0.1) is 15.6 Å². The van der Waals surface area contributed by atoms with Gasteiger partial charge in [0.25, 0.3) is 0 Å². The van der Waals surface area contributed by atoms with Gasteiger partial charge in [-0.2, -0.15) is 0 Å². The van der Waals surface area contributed by atoms with Crippen LogP contribution in [0.5, 0.6) is 0 Å². The lowest BCUT2D eigenvalue weighted by atomic mass is 10.2. The van der Waals surface area contributed by atoms with Gasteiger partial charge in [-0.25, -0.2) is 0 Å². The molecule has 0 N–H and O–H groups in total. The van der Waals surface area contributed by atoms with E-state index in [9.17, 15) is 9.36 Å². The Morgan fingerprint density at radius 2 is 1.61 bits per heavy atom. The molecule has 0 aromatic heterocycles. The highest BCUT2D eigenvalue weighted by Crippen LogP contribution is 2.54. The van der Waals surface area contributed by atoms with Crippen LogP contribution in [0.15, 0.2) is 48.5 Å². The first-order chi connectivity index (χ1) is 11.0. The van der Waals surface area contributed by atoms with Crippen molar-refractivity contribution in [2.24, 2.45) is 0 Å². The van der Waals surface area contributed by atoms with Gasteiger partial charge in [0.2, 0.25) is 5.52 Å². The Balaban J connectivity index is 2.41. The van der Waals surface area contributed by atoms with Crippen LogP contribution in [0.25, 0.3) is 0 Å². The van der Waals surface area contributed by atoms with Crippen LogP contribution in [0.1, 0.15) is 35.7 Å². The zero-order valence-corrected chi connectivity index (χ0v) is 15.4. The van der Waals surface area contributed by atoms with Crippen molar-refractivity contribution in [2.45, 2.75) is 25.9 Å². The van der Waals surface area contributed by atoms with E-state index < -0.39 is 12.7 Å². The molecule has 0 aliphatic rings. The second-order valence-corrected chi connectivity index (χ2v) is 9.27. The summed E-state index contributed by atoms with van der Waals surface area (Å²) in [5.41, 5.74) is 0.667. The average molecular weight is 369 g/mol. The number of benzene rings is 2. The minimum Gasteiger partial charge on any atom is -0.315 e. The molecule has 1 unspecified atom stereocenters. The zero-order chi connectivity index (χ0) is 16.9. The molecule has 2 rings (SSSR count). The first-order valence-electron chi connectivity index (χ1n) is 7.59. The monoisotopic (exact) mass is 368 g/mol. The molecular formula is C18H19Cl2O2P. The van der Waals surface area contributed by atoms with Gasteiger partial charge >= 0.3 is 0 Å². The maximum Gasteiger partial charge on any atom is 0.224 e. The van der Waals surface area contributed by atoms with Gasteiger partial charge in [-0.15, -0.1) is 0 Å². The molecule has 0 heterocycles. The molecule has 2 nitrogen and oxygen atoms in total. The van der Waals surface area contributed by atoms with Crippen molar-refractivity contribution in [3.8, 4) is 0 Å².